The van der Waals surface area contributed by atoms with Crippen molar-refractivity contribution in [3.05, 3.63) is 41.5 Å². The molecule has 0 saturated heterocycles. The van der Waals surface area contributed by atoms with E-state index in [1.54, 1.807) is 39.0 Å². The molecule has 1 heterocycles. The van der Waals surface area contributed by atoms with Crippen LogP contribution in [0.15, 0.2) is 24.8 Å². The largest absolute Gasteiger partial charge is 0.460 e. The first kappa shape index (κ1) is 18.7. The van der Waals surface area contributed by atoms with Crippen molar-refractivity contribution < 1.29 is 19.1 Å². The van der Waals surface area contributed by atoms with Gasteiger partial charge in [0.05, 0.1) is 0 Å². The summed E-state index contributed by atoms with van der Waals surface area (Å²) in [5, 5.41) is 0. The molecule has 25 heavy (non-hydrogen) atoms. The normalized spacial score (nSPS) is 14.8. The lowest BCUT2D eigenvalue weighted by atomic mass is 10.1. The molecule has 1 atom stereocenters. The van der Waals surface area contributed by atoms with Crippen LogP contribution in [0.3, 0.4) is 0 Å². The minimum Gasteiger partial charge on any atom is -0.460 e. The van der Waals surface area contributed by atoms with Crippen LogP contribution >= 0.6 is 0 Å². The van der Waals surface area contributed by atoms with Crippen molar-refractivity contribution >= 4 is 23.9 Å². The topological polar surface area (TPSA) is 89.7 Å². The van der Waals surface area contributed by atoms with Crippen LogP contribution < -0.4 is 5.73 Å². The van der Waals surface area contributed by atoms with Crippen molar-refractivity contribution in [3.63, 3.8) is 0 Å². The Morgan fingerprint density at radius 3 is 2.64 bits per heavy atom. The summed E-state index contributed by atoms with van der Waals surface area (Å²) in [6.07, 6.45) is 1.85. The molecule has 1 aliphatic heterocycles. The van der Waals surface area contributed by atoms with E-state index in [1.165, 1.54) is 4.90 Å². The third kappa shape index (κ3) is 4.47. The number of benzene rings is 1. The summed E-state index contributed by atoms with van der Waals surface area (Å²) in [6, 6.07) is 4.54. The highest BCUT2D eigenvalue weighted by Gasteiger charge is 2.35. The predicted molar refractivity (Wildman–Crippen MR) is 94.5 cm³/mol. The Morgan fingerprint density at radius 1 is 1.40 bits per heavy atom. The number of ether oxygens (including phenoxy) is 1. The van der Waals surface area contributed by atoms with Crippen LogP contribution in [-0.2, 0) is 20.9 Å². The molecule has 0 bridgehead atoms. The van der Waals surface area contributed by atoms with E-state index in [0.29, 0.717) is 5.56 Å². The van der Waals surface area contributed by atoms with Gasteiger partial charge in [-0.2, -0.15) is 0 Å². The maximum atomic E-state index is 12.6. The Bertz CT molecular complexity index is 719. The molecule has 1 unspecified atom stereocenters. The number of fused-ring (bicyclic) bond motifs is 1. The van der Waals surface area contributed by atoms with E-state index in [1.807, 2.05) is 6.07 Å². The molecule has 0 fully saturated rings. The lowest BCUT2D eigenvalue weighted by Gasteiger charge is -2.25. The Balaban J connectivity index is 2.11. The van der Waals surface area contributed by atoms with E-state index in [2.05, 4.69) is 6.58 Å². The maximum absolute atomic E-state index is 12.6. The van der Waals surface area contributed by atoms with Gasteiger partial charge in [0.15, 0.2) is 0 Å². The molecule has 2 rings (SSSR count). The van der Waals surface area contributed by atoms with E-state index < -0.39 is 23.5 Å². The van der Waals surface area contributed by atoms with Crippen molar-refractivity contribution in [2.75, 3.05) is 0 Å². The molecule has 0 aliphatic carbocycles. The van der Waals surface area contributed by atoms with Crippen molar-refractivity contribution in [2.24, 2.45) is 5.73 Å². The number of nitrogens with two attached hydrogens (primary N) is 1. The zero-order chi connectivity index (χ0) is 18.8. The fourth-order valence-electron chi connectivity index (χ4n) is 2.84. The van der Waals surface area contributed by atoms with Crippen LogP contribution in [0, 0.1) is 0 Å². The summed E-state index contributed by atoms with van der Waals surface area (Å²) in [6.45, 7) is 9.32. The van der Waals surface area contributed by atoms with Crippen molar-refractivity contribution in [2.45, 2.75) is 51.8 Å². The first-order valence-corrected chi connectivity index (χ1v) is 8.20. The summed E-state index contributed by atoms with van der Waals surface area (Å²) in [5.74, 6) is -1.30. The molecule has 0 spiro atoms. The third-order valence-electron chi connectivity index (χ3n) is 3.94. The Morgan fingerprint density at radius 2 is 2.08 bits per heavy atom. The second kappa shape index (κ2) is 7.09. The first-order valence-electron chi connectivity index (χ1n) is 8.20. The number of hydrogen-bond acceptors (Lipinski definition) is 4. The third-order valence-corrected chi connectivity index (χ3v) is 3.94. The summed E-state index contributed by atoms with van der Waals surface area (Å²) >= 11 is 0. The lowest BCUT2D eigenvalue weighted by Crippen LogP contribution is -2.45. The summed E-state index contributed by atoms with van der Waals surface area (Å²) < 4.78 is 5.24. The SMILES string of the molecule is C=Cc1ccc2c(c1)CN(C(CCC(=O)OC(C)(C)C)C(N)=O)C2=O. The van der Waals surface area contributed by atoms with Gasteiger partial charge in [0.25, 0.3) is 5.91 Å². The molecule has 0 saturated carbocycles. The molecule has 6 heteroatoms. The molecule has 0 radical (unpaired) electrons. The molecule has 2 N–H and O–H groups in total. The first-order chi connectivity index (χ1) is 11.6. The molecule has 1 aromatic carbocycles. The second-order valence-electron chi connectivity index (χ2n) is 7.10. The Kier molecular flexibility index (Phi) is 5.30. The quantitative estimate of drug-likeness (QED) is 0.802. The van der Waals surface area contributed by atoms with Crippen LogP contribution in [-0.4, -0.2) is 34.3 Å². The molecule has 1 aromatic rings. The van der Waals surface area contributed by atoms with Crippen LogP contribution in [0.2, 0.25) is 0 Å². The molecule has 2 amide bonds. The van der Waals surface area contributed by atoms with Gasteiger partial charge in [0, 0.05) is 18.5 Å². The van der Waals surface area contributed by atoms with Crippen LogP contribution in [0.5, 0.6) is 0 Å². The van der Waals surface area contributed by atoms with Gasteiger partial charge in [-0.1, -0.05) is 18.7 Å². The fourth-order valence-corrected chi connectivity index (χ4v) is 2.84. The Hall–Kier alpha value is -2.63. The van der Waals surface area contributed by atoms with E-state index >= 15 is 0 Å². The monoisotopic (exact) mass is 344 g/mol. The minimum atomic E-state index is -0.848. The van der Waals surface area contributed by atoms with E-state index in [0.717, 1.165) is 11.1 Å². The van der Waals surface area contributed by atoms with Gasteiger partial charge < -0.3 is 15.4 Å². The van der Waals surface area contributed by atoms with Gasteiger partial charge in [0.1, 0.15) is 11.6 Å². The van der Waals surface area contributed by atoms with Gasteiger partial charge in [-0.15, -0.1) is 0 Å². The van der Waals surface area contributed by atoms with Crippen LogP contribution in [0.1, 0.15) is 55.1 Å². The van der Waals surface area contributed by atoms with Gasteiger partial charge in [0.2, 0.25) is 5.91 Å². The predicted octanol–water partition coefficient (Wildman–Crippen LogP) is 2.26. The molecule has 134 valence electrons. The van der Waals surface area contributed by atoms with E-state index in [4.69, 9.17) is 10.5 Å². The number of amides is 2. The average Bonchev–Trinajstić information content (AvgIpc) is 2.81. The minimum absolute atomic E-state index is 0.0168. The molecule has 6 nitrogen and oxygen atoms in total. The van der Waals surface area contributed by atoms with E-state index in [-0.39, 0.29) is 25.3 Å². The highest BCUT2D eigenvalue weighted by molar-refractivity contribution is 6.01. The molecular weight excluding hydrogens is 320 g/mol. The molecular formula is C19H24N2O4. The number of carbonyl (C=O) groups excluding carboxylic acids is 3. The van der Waals surface area contributed by atoms with Crippen molar-refractivity contribution in [1.82, 2.24) is 4.90 Å². The molecule has 1 aliphatic rings. The fraction of sp³-hybridized carbons (Fsp3) is 0.421. The summed E-state index contributed by atoms with van der Waals surface area (Å²) in [5.41, 5.74) is 7.16. The van der Waals surface area contributed by atoms with Crippen LogP contribution in [0.4, 0.5) is 0 Å². The van der Waals surface area contributed by atoms with Gasteiger partial charge in [-0.3, -0.25) is 14.4 Å². The average molecular weight is 344 g/mol. The van der Waals surface area contributed by atoms with Gasteiger partial charge >= 0.3 is 5.97 Å². The lowest BCUT2D eigenvalue weighted by molar-refractivity contribution is -0.155. The van der Waals surface area contributed by atoms with E-state index in [9.17, 15) is 14.4 Å². The number of rotatable bonds is 6. The van der Waals surface area contributed by atoms with Crippen molar-refractivity contribution in [3.8, 4) is 0 Å². The van der Waals surface area contributed by atoms with Gasteiger partial charge in [-0.05, 0) is 50.5 Å². The summed E-state index contributed by atoms with van der Waals surface area (Å²) in [4.78, 5) is 37.8. The van der Waals surface area contributed by atoms with Crippen LogP contribution in [0.25, 0.3) is 6.08 Å². The standard InChI is InChI=1S/C19H24N2O4/c1-5-12-6-7-14-13(10-12)11-21(18(14)24)15(17(20)23)8-9-16(22)25-19(2,3)4/h5-7,10,15H,1,8-9,11H2,2-4H3,(H2,20,23). The maximum Gasteiger partial charge on any atom is 0.306 e. The van der Waals surface area contributed by atoms with Gasteiger partial charge in [-0.25, -0.2) is 0 Å². The number of carbonyl (C=O) groups is 3. The second-order valence-corrected chi connectivity index (χ2v) is 7.10. The Labute approximate surface area is 147 Å². The number of primary amides is 1. The number of hydrogen-bond donors (Lipinski definition) is 1. The summed E-state index contributed by atoms with van der Waals surface area (Å²) in [7, 11) is 0. The van der Waals surface area contributed by atoms with Crippen molar-refractivity contribution in [1.29, 1.82) is 0 Å². The highest BCUT2D eigenvalue weighted by Crippen LogP contribution is 2.27. The molecule has 0 aromatic heterocycles. The smallest absolute Gasteiger partial charge is 0.306 e. The zero-order valence-corrected chi connectivity index (χ0v) is 14.9. The highest BCUT2D eigenvalue weighted by atomic mass is 16.6. The number of nitrogens with zero attached hydrogens (tertiary/aromatic N) is 1. The number of esters is 1. The zero-order valence-electron chi connectivity index (χ0n) is 14.9.